The molecule has 74 valence electrons. The van der Waals surface area contributed by atoms with Gasteiger partial charge in [0, 0.05) is 6.42 Å². The van der Waals surface area contributed by atoms with Crippen LogP contribution in [0.1, 0.15) is 26.2 Å². The quantitative estimate of drug-likeness (QED) is 0.367. The van der Waals surface area contributed by atoms with Gasteiger partial charge in [-0.3, -0.25) is 0 Å². The lowest BCUT2D eigenvalue weighted by atomic mass is 10.2. The summed E-state index contributed by atoms with van der Waals surface area (Å²) in [5.41, 5.74) is 3.17. The summed E-state index contributed by atoms with van der Waals surface area (Å²) in [5.74, 6) is 14.2. The van der Waals surface area contributed by atoms with E-state index >= 15 is 0 Å². The van der Waals surface area contributed by atoms with Crippen molar-refractivity contribution in [1.29, 1.82) is 0 Å². The zero-order valence-electron chi connectivity index (χ0n) is 9.62. The summed E-state index contributed by atoms with van der Waals surface area (Å²) < 4.78 is 0. The van der Waals surface area contributed by atoms with Crippen LogP contribution in [0, 0.1) is 35.1 Å². The fourth-order valence-corrected chi connectivity index (χ4v) is 1.09. The molecule has 0 aromatic heterocycles. The van der Waals surface area contributed by atoms with E-state index in [9.17, 15) is 0 Å². The van der Waals surface area contributed by atoms with Crippen molar-refractivity contribution < 1.29 is 0 Å². The lowest BCUT2D eigenvalue weighted by molar-refractivity contribution is 0.828. The Balaban J connectivity index is 3.91. The van der Waals surface area contributed by atoms with Crippen molar-refractivity contribution in [3.63, 3.8) is 0 Å². The lowest BCUT2D eigenvalue weighted by Gasteiger charge is -2.01. The van der Waals surface area contributed by atoms with Crippen molar-refractivity contribution >= 4 is 8.07 Å². The minimum Gasteiger partial charge on any atom is -0.118 e. The lowest BCUT2D eigenvalue weighted by Crippen LogP contribution is -2.16. The van der Waals surface area contributed by atoms with Crippen molar-refractivity contribution in [2.75, 3.05) is 0 Å². The van der Waals surface area contributed by atoms with Gasteiger partial charge in [0.1, 0.15) is 8.07 Å². The Hall–Kier alpha value is -1.10. The molecular formula is C13H18Si. The molecule has 0 rings (SSSR count). The third kappa shape index (κ3) is 10.9. The highest BCUT2D eigenvalue weighted by atomic mass is 28.3. The van der Waals surface area contributed by atoms with E-state index < -0.39 is 8.07 Å². The highest BCUT2D eigenvalue weighted by Crippen LogP contribution is 1.95. The van der Waals surface area contributed by atoms with E-state index in [2.05, 4.69) is 61.7 Å². The summed E-state index contributed by atoms with van der Waals surface area (Å²) in [7, 11) is -1.25. The molecule has 0 unspecified atom stereocenters. The highest BCUT2D eigenvalue weighted by molar-refractivity contribution is 6.83. The zero-order valence-corrected chi connectivity index (χ0v) is 10.6. The second-order valence-corrected chi connectivity index (χ2v) is 8.91. The fourth-order valence-electron chi connectivity index (χ4n) is 0.653. The molecule has 0 saturated heterocycles. The molecule has 0 bridgehead atoms. The maximum Gasteiger partial charge on any atom is 0.130 e. The van der Waals surface area contributed by atoms with Crippen LogP contribution in [0.2, 0.25) is 19.6 Å². The summed E-state index contributed by atoms with van der Waals surface area (Å²) in [4.78, 5) is 0. The molecule has 0 aromatic carbocycles. The van der Waals surface area contributed by atoms with Gasteiger partial charge in [0.25, 0.3) is 0 Å². The van der Waals surface area contributed by atoms with E-state index in [0.717, 1.165) is 12.8 Å². The van der Waals surface area contributed by atoms with Crippen LogP contribution in [-0.2, 0) is 0 Å². The van der Waals surface area contributed by atoms with E-state index in [0.29, 0.717) is 0 Å². The Morgan fingerprint density at radius 1 is 0.929 bits per heavy atom. The van der Waals surface area contributed by atoms with Crippen LogP contribution in [-0.4, -0.2) is 8.07 Å². The largest absolute Gasteiger partial charge is 0.130 e. The monoisotopic (exact) mass is 202 g/mol. The van der Waals surface area contributed by atoms with Gasteiger partial charge in [-0.1, -0.05) is 38.9 Å². The highest BCUT2D eigenvalue weighted by Gasteiger charge is 2.06. The van der Waals surface area contributed by atoms with Crippen LogP contribution in [0.4, 0.5) is 0 Å². The molecule has 0 heterocycles. The van der Waals surface area contributed by atoms with Gasteiger partial charge < -0.3 is 0 Å². The number of rotatable bonds is 2. The van der Waals surface area contributed by atoms with Gasteiger partial charge in [-0.25, -0.2) is 0 Å². The Morgan fingerprint density at radius 2 is 1.57 bits per heavy atom. The second-order valence-electron chi connectivity index (χ2n) is 4.16. The molecule has 0 aliphatic heterocycles. The number of hydrogen-bond donors (Lipinski definition) is 0. The summed E-state index contributed by atoms with van der Waals surface area (Å²) in [5, 5.41) is 0. The molecule has 0 N–H and O–H groups in total. The Morgan fingerprint density at radius 3 is 2.14 bits per heavy atom. The second kappa shape index (κ2) is 7.31. The molecule has 0 spiro atoms. The first-order valence-corrected chi connectivity index (χ1v) is 8.56. The molecule has 0 aromatic rings. The van der Waals surface area contributed by atoms with Gasteiger partial charge in [-0.2, -0.15) is 0 Å². The third-order valence-electron chi connectivity index (χ3n) is 1.37. The summed E-state index contributed by atoms with van der Waals surface area (Å²) in [6.45, 7) is 8.77. The predicted molar refractivity (Wildman–Crippen MR) is 66.2 cm³/mol. The SMILES string of the molecule is CCCCC#CC#CC#C[Si](C)(C)C. The molecule has 0 fully saturated rings. The van der Waals surface area contributed by atoms with E-state index in [1.54, 1.807) is 0 Å². The van der Waals surface area contributed by atoms with Crippen LogP contribution in [0.25, 0.3) is 0 Å². The van der Waals surface area contributed by atoms with Gasteiger partial charge in [-0.15, -0.1) is 5.54 Å². The third-order valence-corrected chi connectivity index (χ3v) is 2.24. The molecule has 0 radical (unpaired) electrons. The van der Waals surface area contributed by atoms with Crippen LogP contribution in [0.3, 0.4) is 0 Å². The van der Waals surface area contributed by atoms with Crippen molar-refractivity contribution in [3.05, 3.63) is 0 Å². The van der Waals surface area contributed by atoms with Crippen molar-refractivity contribution in [2.24, 2.45) is 0 Å². The van der Waals surface area contributed by atoms with Gasteiger partial charge in [0.05, 0.1) is 0 Å². The summed E-state index contributed by atoms with van der Waals surface area (Å²) >= 11 is 0. The average Bonchev–Trinajstić information content (AvgIpc) is 2.08. The van der Waals surface area contributed by atoms with E-state index in [1.165, 1.54) is 6.42 Å². The van der Waals surface area contributed by atoms with Crippen molar-refractivity contribution in [1.82, 2.24) is 0 Å². The zero-order chi connectivity index (χ0) is 10.9. The minimum atomic E-state index is -1.25. The fraction of sp³-hybridized carbons (Fsp3) is 0.538. The molecule has 0 nitrogen and oxygen atoms in total. The summed E-state index contributed by atoms with van der Waals surface area (Å²) in [6, 6.07) is 0. The first-order chi connectivity index (χ1) is 6.56. The topological polar surface area (TPSA) is 0 Å². The smallest absolute Gasteiger partial charge is 0.118 e. The standard InChI is InChI=1S/C13H18Si/c1-5-6-7-8-9-10-11-12-13-14(2,3)4/h5-7H2,1-4H3. The van der Waals surface area contributed by atoms with Crippen LogP contribution >= 0.6 is 0 Å². The first kappa shape index (κ1) is 12.9. The average molecular weight is 202 g/mol. The van der Waals surface area contributed by atoms with Crippen LogP contribution < -0.4 is 0 Å². The maximum absolute atomic E-state index is 3.17. The van der Waals surface area contributed by atoms with Crippen molar-refractivity contribution in [3.8, 4) is 35.1 Å². The van der Waals surface area contributed by atoms with E-state index in [4.69, 9.17) is 0 Å². The maximum atomic E-state index is 3.17. The molecular weight excluding hydrogens is 184 g/mol. The Bertz CT molecular complexity index is 325. The Kier molecular flexibility index (Phi) is 6.74. The minimum absolute atomic E-state index is 0.951. The normalized spacial score (nSPS) is 8.57. The Labute approximate surface area is 89.5 Å². The van der Waals surface area contributed by atoms with Gasteiger partial charge in [0.2, 0.25) is 0 Å². The van der Waals surface area contributed by atoms with Crippen LogP contribution in [0.15, 0.2) is 0 Å². The van der Waals surface area contributed by atoms with Crippen molar-refractivity contribution in [2.45, 2.75) is 45.8 Å². The summed E-state index contributed by atoms with van der Waals surface area (Å²) in [6.07, 6.45) is 3.30. The van der Waals surface area contributed by atoms with E-state index in [-0.39, 0.29) is 0 Å². The predicted octanol–water partition coefficient (Wildman–Crippen LogP) is 3.06. The number of hydrogen-bond acceptors (Lipinski definition) is 0. The molecule has 0 amide bonds. The first-order valence-electron chi connectivity index (χ1n) is 5.06. The molecule has 0 atom stereocenters. The molecule has 0 saturated carbocycles. The van der Waals surface area contributed by atoms with Gasteiger partial charge in [-0.05, 0) is 30.1 Å². The molecule has 0 aliphatic carbocycles. The van der Waals surface area contributed by atoms with Gasteiger partial charge >= 0.3 is 0 Å². The number of unbranched alkanes of at least 4 members (excludes halogenated alkanes) is 2. The van der Waals surface area contributed by atoms with E-state index in [1.807, 2.05) is 0 Å². The van der Waals surface area contributed by atoms with Crippen LogP contribution in [0.5, 0.6) is 0 Å². The molecule has 14 heavy (non-hydrogen) atoms. The molecule has 1 heteroatoms. The molecule has 0 aliphatic rings. The van der Waals surface area contributed by atoms with Gasteiger partial charge in [0.15, 0.2) is 0 Å².